The summed E-state index contributed by atoms with van der Waals surface area (Å²) in [5.41, 5.74) is 23.9. The maximum absolute atomic E-state index is 16.2. The van der Waals surface area contributed by atoms with E-state index < -0.39 is 29.1 Å². The zero-order valence-corrected chi connectivity index (χ0v) is 75.1. The number of hydrogen-bond donors (Lipinski definition) is 0. The molecule has 0 aromatic heterocycles. The predicted molar refractivity (Wildman–Crippen MR) is 513 cm³/mol. The van der Waals surface area contributed by atoms with Gasteiger partial charge in [-0.1, -0.05) is 273 Å². The smallest absolute Gasteiger partial charge is 0.156 e. The number of fused-ring (bicyclic) bond motifs is 8. The van der Waals surface area contributed by atoms with Crippen LogP contribution in [-0.2, 0) is 27.4 Å². The third-order valence-electron chi connectivity index (χ3n) is 30.5. The molecule has 9 heteroatoms. The standard InChI is InChI=1S/C118H124F4N2O3/c1-9-77-35-57-97(58-36-77)125-67-17-15-21-79-31-41-87(42-32-79)117(89-49-45-85(46-50-89)115(3,4)5)105-29-13-11-27-99(105)101-61-39-83(71-107(101)117)81-23-19-25-91(69-81)123(95-53-63-109(119)111(121)75-95)93-55-65-113-103(73-93)104-74-94(56-66-114(104)127-113)124(96-54-64-110(120)112(122)76-96)92-26-20-24-82(70-92)84-40-62-102-100-28-12-14-30-106(100)118(108(102)72-84,90-51-47-86(48-52-90)116(6,7)8)88-43-33-80(34-44-88)22-16-18-68-126-98-59-37-78(10-2)38-60-98/h9-13,19,25-29,31,33-47,49-51,54,57-62,69-76,79,81,86,90,100-101,103,106-107,110,113H,1-2,14-18,20-24,30,32,48,52-53,55-56,63-68H2,3-8H3. The van der Waals surface area contributed by atoms with Gasteiger partial charge < -0.3 is 24.0 Å². The van der Waals surface area contributed by atoms with Gasteiger partial charge in [0.2, 0.25) is 0 Å². The van der Waals surface area contributed by atoms with Gasteiger partial charge in [-0.15, -0.1) is 0 Å². The van der Waals surface area contributed by atoms with Gasteiger partial charge in [0.15, 0.2) is 12.0 Å². The summed E-state index contributed by atoms with van der Waals surface area (Å²) in [4.78, 5) is 4.48. The van der Waals surface area contributed by atoms with Gasteiger partial charge in [0.25, 0.3) is 0 Å². The second-order valence-electron chi connectivity index (χ2n) is 40.0. The lowest BCUT2D eigenvalue weighted by Gasteiger charge is -2.47. The van der Waals surface area contributed by atoms with Gasteiger partial charge in [0.1, 0.15) is 35.0 Å². The zero-order chi connectivity index (χ0) is 87.3. The molecule has 0 saturated carbocycles. The second kappa shape index (κ2) is 36.0. The summed E-state index contributed by atoms with van der Waals surface area (Å²) in [5, 5.41) is 0. The van der Waals surface area contributed by atoms with Crippen LogP contribution in [0.3, 0.4) is 0 Å². The van der Waals surface area contributed by atoms with Crippen LogP contribution in [0.25, 0.3) is 17.7 Å². The maximum atomic E-state index is 16.2. The number of aryl methyl sites for hydroxylation is 1. The van der Waals surface area contributed by atoms with E-state index in [9.17, 15) is 0 Å². The Hall–Kier alpha value is -10.9. The number of nitrogens with zero attached hydrogens (tertiary/aromatic N) is 2. The Labute approximate surface area is 752 Å². The summed E-state index contributed by atoms with van der Waals surface area (Å²) in [7, 11) is 0. The molecule has 13 atom stereocenters. The van der Waals surface area contributed by atoms with E-state index in [-0.39, 0.29) is 64.8 Å². The number of benzene rings is 6. The fourth-order valence-corrected chi connectivity index (χ4v) is 23.8. The first-order chi connectivity index (χ1) is 61.7. The Balaban J connectivity index is 0.629. The summed E-state index contributed by atoms with van der Waals surface area (Å²) < 4.78 is 82.9. The van der Waals surface area contributed by atoms with Crippen molar-refractivity contribution >= 4 is 17.7 Å². The molecule has 1 heterocycles. The van der Waals surface area contributed by atoms with Crippen LogP contribution >= 0.6 is 0 Å². The molecule has 0 radical (unpaired) electrons. The highest BCUT2D eigenvalue weighted by Crippen LogP contribution is 2.65. The summed E-state index contributed by atoms with van der Waals surface area (Å²) >= 11 is 0. The van der Waals surface area contributed by atoms with Crippen molar-refractivity contribution in [2.45, 2.75) is 217 Å². The van der Waals surface area contributed by atoms with Gasteiger partial charge in [0.05, 0.1) is 18.6 Å². The number of allylic oxidation sites excluding steroid dienone is 29. The highest BCUT2D eigenvalue weighted by molar-refractivity contribution is 5.74. The normalized spacial score (nSPS) is 27.4. The lowest BCUT2D eigenvalue weighted by molar-refractivity contribution is 0.103. The van der Waals surface area contributed by atoms with Gasteiger partial charge >= 0.3 is 0 Å². The highest BCUT2D eigenvalue weighted by Gasteiger charge is 2.58. The number of unbranched alkanes of at least 4 members (excludes halogenated alkanes) is 2. The first kappa shape index (κ1) is 85.5. The third-order valence-corrected chi connectivity index (χ3v) is 30.5. The predicted octanol–water partition coefficient (Wildman–Crippen LogP) is 30.7. The van der Waals surface area contributed by atoms with Gasteiger partial charge in [-0.3, -0.25) is 0 Å². The van der Waals surface area contributed by atoms with E-state index in [0.29, 0.717) is 74.7 Å². The van der Waals surface area contributed by atoms with Gasteiger partial charge in [-0.2, -0.15) is 0 Å². The van der Waals surface area contributed by atoms with E-state index >= 15 is 17.6 Å². The molecule has 13 unspecified atom stereocenters. The minimum Gasteiger partial charge on any atom is -0.494 e. The number of alkyl halides is 1. The Morgan fingerprint density at radius 1 is 0.551 bits per heavy atom. The van der Waals surface area contributed by atoms with E-state index in [4.69, 9.17) is 14.2 Å². The van der Waals surface area contributed by atoms with Crippen molar-refractivity contribution in [3.8, 4) is 11.5 Å². The summed E-state index contributed by atoms with van der Waals surface area (Å²) in [6.45, 7) is 23.2. The first-order valence-electron chi connectivity index (χ1n) is 47.7. The molecule has 0 amide bonds. The molecule has 0 saturated heterocycles. The largest absolute Gasteiger partial charge is 0.494 e. The average Bonchev–Trinajstić information content (AvgIpc) is 1.54. The SMILES string of the molecule is C=Cc1ccc(OCCCCc2ccc(C3(C4C=CC(C(C)(C)C)CC4)c4cc(C5=CC(N(C6=CCC(F)C(F)=C6)C6=CC7=C(CC6)OC6CCC(N(C8=CC(C9=CC%10C(C=C9)c9ccccc9C%10(C9=CCC(CCCCOc%10ccc(C=C)cc%10)C=C9)c9ccc(C(C)(C)C)cc9)CC=C8)C8=CC(F)=C(F)CC8)=CC76)=CCC5)ccc4C4C=CCCC43)cc2)cc1. The van der Waals surface area contributed by atoms with Crippen molar-refractivity contribution in [1.82, 2.24) is 9.80 Å². The summed E-state index contributed by atoms with van der Waals surface area (Å²) in [5.74, 6) is 2.29. The van der Waals surface area contributed by atoms with Crippen LogP contribution in [0.5, 0.6) is 11.5 Å². The fraction of sp³-hybridized carbons (Fsp3) is 0.373. The fourth-order valence-electron chi connectivity index (χ4n) is 23.8. The second-order valence-corrected chi connectivity index (χ2v) is 40.0. The maximum Gasteiger partial charge on any atom is 0.156 e. The molecule has 5 nitrogen and oxygen atoms in total. The van der Waals surface area contributed by atoms with Crippen LogP contribution in [0.15, 0.2) is 348 Å². The van der Waals surface area contributed by atoms with Crippen molar-refractivity contribution in [2.24, 2.45) is 46.8 Å². The monoisotopic (exact) mass is 1690 g/mol. The van der Waals surface area contributed by atoms with E-state index in [1.165, 1.54) is 78.9 Å². The first-order valence-corrected chi connectivity index (χ1v) is 47.7. The molecule has 652 valence electrons. The van der Waals surface area contributed by atoms with Gasteiger partial charge in [0, 0.05) is 94.0 Å². The van der Waals surface area contributed by atoms with Crippen LogP contribution in [0.4, 0.5) is 17.6 Å². The summed E-state index contributed by atoms with van der Waals surface area (Å²) in [6.07, 6.45) is 64.7. The van der Waals surface area contributed by atoms with Crippen LogP contribution < -0.4 is 9.47 Å². The molecule has 0 N–H and O–H groups in total. The molecule has 13 aliphatic rings. The third kappa shape index (κ3) is 16.7. The molecule has 0 bridgehead atoms. The van der Waals surface area contributed by atoms with Crippen LogP contribution in [-0.4, -0.2) is 35.3 Å². The molecule has 6 aromatic rings. The van der Waals surface area contributed by atoms with Crippen LogP contribution in [0.2, 0.25) is 0 Å². The average molecular weight is 1690 g/mol. The minimum atomic E-state index is -1.71. The number of ether oxygens (including phenoxy) is 3. The quantitative estimate of drug-likeness (QED) is 0.0307. The molecule has 127 heavy (non-hydrogen) atoms. The lowest BCUT2D eigenvalue weighted by Crippen LogP contribution is -2.43. The Morgan fingerprint density at radius 3 is 2.00 bits per heavy atom. The van der Waals surface area contributed by atoms with Crippen molar-refractivity contribution in [2.75, 3.05) is 13.2 Å². The van der Waals surface area contributed by atoms with E-state index in [0.717, 1.165) is 152 Å². The molecule has 19 rings (SSSR count). The Kier molecular flexibility index (Phi) is 24.2. The summed E-state index contributed by atoms with van der Waals surface area (Å²) in [6, 6.07) is 52.3. The van der Waals surface area contributed by atoms with Crippen LogP contribution in [0.1, 0.15) is 243 Å². The lowest BCUT2D eigenvalue weighted by atomic mass is 9.56. The van der Waals surface area contributed by atoms with Crippen molar-refractivity contribution in [1.29, 1.82) is 0 Å². The number of rotatable bonds is 26. The van der Waals surface area contributed by atoms with Crippen LogP contribution in [0, 0.1) is 46.8 Å². The van der Waals surface area contributed by atoms with Crippen molar-refractivity contribution in [3.05, 3.63) is 410 Å². The number of hydrogen-bond acceptors (Lipinski definition) is 5. The van der Waals surface area contributed by atoms with E-state index in [1.54, 1.807) is 0 Å². The van der Waals surface area contributed by atoms with Crippen molar-refractivity contribution in [3.63, 3.8) is 0 Å². The molecule has 1 aliphatic heterocycles. The molecule has 12 aliphatic carbocycles. The highest BCUT2D eigenvalue weighted by atomic mass is 19.2. The molecular formula is C118H124F4N2O3. The zero-order valence-electron chi connectivity index (χ0n) is 75.1. The molecule has 0 fully saturated rings. The van der Waals surface area contributed by atoms with E-state index in [1.807, 2.05) is 66.8 Å². The topological polar surface area (TPSA) is 34.2 Å². The van der Waals surface area contributed by atoms with Crippen molar-refractivity contribution < 1.29 is 31.8 Å². The molecular weight excluding hydrogens is 1570 g/mol. The molecule has 6 aromatic carbocycles. The number of halogens is 4. The van der Waals surface area contributed by atoms with Gasteiger partial charge in [-0.05, 0) is 283 Å². The Morgan fingerprint density at radius 2 is 1.28 bits per heavy atom. The van der Waals surface area contributed by atoms with E-state index in [2.05, 4.69) is 259 Å². The molecule has 0 spiro atoms. The van der Waals surface area contributed by atoms with Gasteiger partial charge in [-0.25, -0.2) is 17.6 Å². The minimum absolute atomic E-state index is 0.0236. The Bertz CT molecular complexity index is 5800.